The minimum absolute atomic E-state index is 0.00202. The molecule has 1 N–H and O–H groups in total. The molecule has 1 aromatic heterocycles. The number of carbonyl (C=O) groups excluding carboxylic acids is 1. The van der Waals surface area contributed by atoms with Crippen molar-refractivity contribution in [2.24, 2.45) is 0 Å². The van der Waals surface area contributed by atoms with E-state index in [9.17, 15) is 9.59 Å². The Hall–Kier alpha value is -3.02. The molecule has 0 fully saturated rings. The summed E-state index contributed by atoms with van der Waals surface area (Å²) in [5, 5.41) is 11.3. The van der Waals surface area contributed by atoms with Crippen LogP contribution >= 0.6 is 0 Å². The third-order valence-corrected chi connectivity index (χ3v) is 4.39. The first-order chi connectivity index (χ1) is 11.7. The van der Waals surface area contributed by atoms with E-state index in [1.165, 1.54) is 5.56 Å². The topological polar surface area (TPSA) is 76.9 Å². The van der Waals surface area contributed by atoms with Gasteiger partial charge in [-0.1, -0.05) is 41.6 Å². The summed E-state index contributed by atoms with van der Waals surface area (Å²) in [6, 6.07) is 15.1. The Kier molecular flexibility index (Phi) is 3.57. The highest BCUT2D eigenvalue weighted by atomic mass is 16.2. The van der Waals surface area contributed by atoms with Crippen molar-refractivity contribution in [3.63, 3.8) is 0 Å². The van der Waals surface area contributed by atoms with Gasteiger partial charge >= 0.3 is 0 Å². The summed E-state index contributed by atoms with van der Waals surface area (Å²) in [6.45, 7) is -0.130. The highest BCUT2D eigenvalue weighted by molar-refractivity contribution is 5.78. The summed E-state index contributed by atoms with van der Waals surface area (Å²) in [7, 11) is 0. The number of aromatic nitrogens is 3. The van der Waals surface area contributed by atoms with E-state index in [4.69, 9.17) is 0 Å². The van der Waals surface area contributed by atoms with Crippen LogP contribution in [0.4, 0.5) is 0 Å². The van der Waals surface area contributed by atoms with E-state index in [1.807, 2.05) is 18.2 Å². The molecule has 0 saturated heterocycles. The van der Waals surface area contributed by atoms with Crippen molar-refractivity contribution in [1.82, 2.24) is 20.3 Å². The standard InChI is InChI=1S/C18H16N4O2/c23-17(19-15-10-9-12-5-1-2-6-13(12)15)11-22-18(24)14-7-3-4-8-16(14)20-21-22/h1-8,15H,9-11H2,(H,19,23)/t15-/m1/s1. The number of carbonyl (C=O) groups is 1. The van der Waals surface area contributed by atoms with Gasteiger partial charge in [0.25, 0.3) is 5.56 Å². The lowest BCUT2D eigenvalue weighted by Crippen LogP contribution is -2.35. The summed E-state index contributed by atoms with van der Waals surface area (Å²) in [4.78, 5) is 24.7. The van der Waals surface area contributed by atoms with Crippen LogP contribution < -0.4 is 10.9 Å². The zero-order valence-electron chi connectivity index (χ0n) is 13.0. The Morgan fingerprint density at radius 3 is 2.88 bits per heavy atom. The molecular weight excluding hydrogens is 304 g/mol. The quantitative estimate of drug-likeness (QED) is 0.795. The van der Waals surface area contributed by atoms with Crippen LogP contribution in [0.5, 0.6) is 0 Å². The van der Waals surface area contributed by atoms with Crippen LogP contribution in [0.1, 0.15) is 23.6 Å². The van der Waals surface area contributed by atoms with Crippen LogP contribution in [0.2, 0.25) is 0 Å². The van der Waals surface area contributed by atoms with Crippen molar-refractivity contribution < 1.29 is 4.79 Å². The lowest BCUT2D eigenvalue weighted by molar-refractivity contribution is -0.122. The molecule has 0 spiro atoms. The van der Waals surface area contributed by atoms with Crippen molar-refractivity contribution in [2.45, 2.75) is 25.4 Å². The minimum atomic E-state index is -0.303. The number of benzene rings is 2. The second-order valence-corrected chi connectivity index (χ2v) is 5.93. The van der Waals surface area contributed by atoms with E-state index in [1.54, 1.807) is 24.3 Å². The van der Waals surface area contributed by atoms with E-state index in [2.05, 4.69) is 21.7 Å². The number of hydrogen-bond donors (Lipinski definition) is 1. The van der Waals surface area contributed by atoms with E-state index in [0.29, 0.717) is 10.9 Å². The Morgan fingerprint density at radius 2 is 1.96 bits per heavy atom. The Bertz CT molecular complexity index is 980. The largest absolute Gasteiger partial charge is 0.348 e. The van der Waals surface area contributed by atoms with Crippen molar-refractivity contribution in [1.29, 1.82) is 0 Å². The molecule has 3 aromatic rings. The van der Waals surface area contributed by atoms with Crippen LogP contribution in [0.15, 0.2) is 53.3 Å². The first-order valence-corrected chi connectivity index (χ1v) is 7.92. The van der Waals surface area contributed by atoms with Gasteiger partial charge in [-0.05, 0) is 36.1 Å². The number of fused-ring (bicyclic) bond motifs is 2. The fraction of sp³-hybridized carbons (Fsp3) is 0.222. The van der Waals surface area contributed by atoms with Crippen molar-refractivity contribution in [3.8, 4) is 0 Å². The number of aryl methyl sites for hydroxylation is 1. The molecule has 0 radical (unpaired) electrons. The minimum Gasteiger partial charge on any atom is -0.348 e. The van der Waals surface area contributed by atoms with Crippen LogP contribution in [0.3, 0.4) is 0 Å². The molecule has 0 bridgehead atoms. The molecule has 0 aliphatic heterocycles. The van der Waals surface area contributed by atoms with Crippen LogP contribution in [0.25, 0.3) is 10.9 Å². The van der Waals surface area contributed by atoms with Gasteiger partial charge in [0.15, 0.2) is 0 Å². The highest BCUT2D eigenvalue weighted by Gasteiger charge is 2.23. The SMILES string of the molecule is O=C(Cn1nnc2ccccc2c1=O)N[C@@H]1CCc2ccccc21. The zero-order chi connectivity index (χ0) is 16.5. The number of rotatable bonds is 3. The smallest absolute Gasteiger partial charge is 0.278 e. The van der Waals surface area contributed by atoms with Crippen LogP contribution in [-0.2, 0) is 17.8 Å². The monoisotopic (exact) mass is 320 g/mol. The average Bonchev–Trinajstić information content (AvgIpc) is 3.01. The van der Waals surface area contributed by atoms with Gasteiger partial charge in [0, 0.05) is 0 Å². The zero-order valence-corrected chi connectivity index (χ0v) is 13.0. The Labute approximate surface area is 138 Å². The third-order valence-electron chi connectivity index (χ3n) is 4.39. The summed E-state index contributed by atoms with van der Waals surface area (Å²) >= 11 is 0. The molecule has 1 aliphatic rings. The average molecular weight is 320 g/mol. The van der Waals surface area contributed by atoms with Gasteiger partial charge in [-0.3, -0.25) is 9.59 Å². The van der Waals surface area contributed by atoms with Gasteiger partial charge in [-0.25, -0.2) is 4.68 Å². The molecule has 0 saturated carbocycles. The van der Waals surface area contributed by atoms with Crippen molar-refractivity contribution >= 4 is 16.8 Å². The molecule has 0 unspecified atom stereocenters. The lowest BCUT2D eigenvalue weighted by Gasteiger charge is -2.14. The van der Waals surface area contributed by atoms with E-state index in [0.717, 1.165) is 23.1 Å². The van der Waals surface area contributed by atoms with E-state index in [-0.39, 0.29) is 24.1 Å². The number of nitrogens with zero attached hydrogens (tertiary/aromatic N) is 3. The summed E-state index contributed by atoms with van der Waals surface area (Å²) < 4.78 is 1.11. The number of hydrogen-bond acceptors (Lipinski definition) is 4. The van der Waals surface area contributed by atoms with Gasteiger partial charge in [0.2, 0.25) is 5.91 Å². The highest BCUT2D eigenvalue weighted by Crippen LogP contribution is 2.30. The number of nitrogens with one attached hydrogen (secondary N) is 1. The van der Waals surface area contributed by atoms with E-state index < -0.39 is 0 Å². The Morgan fingerprint density at radius 1 is 1.17 bits per heavy atom. The van der Waals surface area contributed by atoms with Gasteiger partial charge in [0.1, 0.15) is 12.1 Å². The van der Waals surface area contributed by atoms with Gasteiger partial charge in [-0.2, -0.15) is 0 Å². The molecule has 120 valence electrons. The van der Waals surface area contributed by atoms with Crippen molar-refractivity contribution in [2.75, 3.05) is 0 Å². The second-order valence-electron chi connectivity index (χ2n) is 5.93. The molecule has 1 atom stereocenters. The second kappa shape index (κ2) is 5.88. The summed E-state index contributed by atoms with van der Waals surface area (Å²) in [6.07, 6.45) is 1.83. The molecular formula is C18H16N4O2. The summed E-state index contributed by atoms with van der Waals surface area (Å²) in [5.41, 5.74) is 2.65. The van der Waals surface area contributed by atoms with Gasteiger partial charge in [0.05, 0.1) is 11.4 Å². The first kappa shape index (κ1) is 14.6. The van der Waals surface area contributed by atoms with Gasteiger partial charge < -0.3 is 5.32 Å². The molecule has 1 amide bonds. The maximum Gasteiger partial charge on any atom is 0.278 e. The van der Waals surface area contributed by atoms with Gasteiger partial charge in [-0.15, -0.1) is 5.10 Å². The number of amides is 1. The van der Waals surface area contributed by atoms with Crippen molar-refractivity contribution in [3.05, 3.63) is 70.0 Å². The molecule has 2 aromatic carbocycles. The molecule has 6 heteroatoms. The maximum absolute atomic E-state index is 12.4. The fourth-order valence-electron chi connectivity index (χ4n) is 3.21. The normalized spacial score (nSPS) is 16.1. The predicted molar refractivity (Wildman–Crippen MR) is 89.4 cm³/mol. The first-order valence-electron chi connectivity index (χ1n) is 7.92. The van der Waals surface area contributed by atoms with E-state index >= 15 is 0 Å². The molecule has 1 heterocycles. The predicted octanol–water partition coefficient (Wildman–Crippen LogP) is 1.60. The molecule has 24 heavy (non-hydrogen) atoms. The summed E-state index contributed by atoms with van der Waals surface area (Å²) in [5.74, 6) is -0.233. The van der Waals surface area contributed by atoms with Crippen LogP contribution in [0, 0.1) is 0 Å². The van der Waals surface area contributed by atoms with Crippen LogP contribution in [-0.4, -0.2) is 20.9 Å². The maximum atomic E-state index is 12.4. The molecule has 1 aliphatic carbocycles. The molecule has 4 rings (SSSR count). The Balaban J connectivity index is 1.53. The molecule has 6 nitrogen and oxygen atoms in total. The third kappa shape index (κ3) is 2.56. The fourth-order valence-corrected chi connectivity index (χ4v) is 3.21. The lowest BCUT2D eigenvalue weighted by atomic mass is 10.1.